The third-order valence-corrected chi connectivity index (χ3v) is 5.15. The summed E-state index contributed by atoms with van der Waals surface area (Å²) in [5.41, 5.74) is 0.700. The summed E-state index contributed by atoms with van der Waals surface area (Å²) in [5.74, 6) is -0.0159. The highest BCUT2D eigenvalue weighted by molar-refractivity contribution is 5.67. The molecule has 0 bridgehead atoms. The molecule has 10 heteroatoms. The molecule has 1 heterocycles. The number of rotatable bonds is 8. The summed E-state index contributed by atoms with van der Waals surface area (Å²) in [6.07, 6.45) is -2.78. The molecule has 0 unspecified atom stereocenters. The maximum Gasteiger partial charge on any atom is 0.509 e. The van der Waals surface area contributed by atoms with Crippen molar-refractivity contribution in [1.82, 2.24) is 10.6 Å². The number of carbonyl (C=O) groups excluding carboxylic acids is 2. The molecule has 2 aromatic carbocycles. The van der Waals surface area contributed by atoms with E-state index >= 15 is 0 Å². The van der Waals surface area contributed by atoms with E-state index in [9.17, 15) is 18.4 Å². The van der Waals surface area contributed by atoms with Gasteiger partial charge in [-0.3, -0.25) is 0 Å². The number of alkyl carbamates (subject to hydrolysis) is 1. The summed E-state index contributed by atoms with van der Waals surface area (Å²) < 4.78 is 46.9. The first-order valence-corrected chi connectivity index (χ1v) is 11.2. The molecule has 1 aliphatic rings. The monoisotopic (exact) mass is 492 g/mol. The van der Waals surface area contributed by atoms with Crippen LogP contribution in [0.1, 0.15) is 31.9 Å². The van der Waals surface area contributed by atoms with Crippen LogP contribution in [0.15, 0.2) is 48.5 Å². The molecule has 190 valence electrons. The van der Waals surface area contributed by atoms with E-state index < -0.39 is 42.7 Å². The lowest BCUT2D eigenvalue weighted by Gasteiger charge is -2.26. The van der Waals surface area contributed by atoms with Gasteiger partial charge in [0, 0.05) is 13.1 Å². The highest BCUT2D eigenvalue weighted by atomic mass is 19.1. The van der Waals surface area contributed by atoms with Crippen molar-refractivity contribution in [2.45, 2.75) is 57.6 Å². The third-order valence-electron chi connectivity index (χ3n) is 5.15. The van der Waals surface area contributed by atoms with E-state index in [-0.39, 0.29) is 19.1 Å². The number of benzene rings is 2. The molecule has 0 radical (unpaired) electrons. The van der Waals surface area contributed by atoms with Crippen LogP contribution in [0.5, 0.6) is 5.75 Å². The zero-order valence-electron chi connectivity index (χ0n) is 19.9. The molecule has 8 nitrogen and oxygen atoms in total. The zero-order valence-corrected chi connectivity index (χ0v) is 19.9. The summed E-state index contributed by atoms with van der Waals surface area (Å²) in [7, 11) is 0. The van der Waals surface area contributed by atoms with Crippen molar-refractivity contribution in [3.63, 3.8) is 0 Å². The molecule has 3 rings (SSSR count). The second-order valence-electron chi connectivity index (χ2n) is 9.09. The molecule has 0 spiro atoms. The molecule has 2 N–H and O–H groups in total. The van der Waals surface area contributed by atoms with E-state index in [2.05, 4.69) is 10.6 Å². The average Bonchev–Trinajstić information content (AvgIpc) is 3.13. The number of halogens is 2. The van der Waals surface area contributed by atoms with Crippen LogP contribution in [0, 0.1) is 5.82 Å². The molecule has 2 aromatic rings. The Kier molecular flexibility index (Phi) is 8.86. The molecule has 1 amide bonds. The van der Waals surface area contributed by atoms with E-state index in [4.69, 9.17) is 18.9 Å². The molecule has 0 saturated carbocycles. The average molecular weight is 493 g/mol. The van der Waals surface area contributed by atoms with Gasteiger partial charge in [0.2, 0.25) is 6.86 Å². The fourth-order valence-corrected chi connectivity index (χ4v) is 3.64. The Balaban J connectivity index is 1.67. The van der Waals surface area contributed by atoms with Crippen molar-refractivity contribution in [3.05, 3.63) is 65.5 Å². The first kappa shape index (κ1) is 26.2. The SMILES string of the molecule is CC(C)(C)OC(=O)O[C@H]1CN[C@H](Cc2ccc(OCF)cc2)[C@@H]1OC(=O)NCc1cccc(F)c1. The van der Waals surface area contributed by atoms with Gasteiger partial charge in [-0.1, -0.05) is 24.3 Å². The normalized spacial score (nSPS) is 19.6. The summed E-state index contributed by atoms with van der Waals surface area (Å²) in [5, 5.41) is 5.81. The molecule has 0 aliphatic carbocycles. The van der Waals surface area contributed by atoms with E-state index in [1.54, 1.807) is 57.2 Å². The molecular weight excluding hydrogens is 462 g/mol. The first-order valence-electron chi connectivity index (χ1n) is 11.2. The number of nitrogens with one attached hydrogen (secondary N) is 2. The third kappa shape index (κ3) is 8.40. The van der Waals surface area contributed by atoms with Crippen molar-refractivity contribution in [3.8, 4) is 5.75 Å². The lowest BCUT2D eigenvalue weighted by atomic mass is 10.0. The summed E-state index contributed by atoms with van der Waals surface area (Å²) >= 11 is 0. The number of hydrogen-bond acceptors (Lipinski definition) is 7. The fraction of sp³-hybridized carbons (Fsp3) is 0.440. The largest absolute Gasteiger partial charge is 0.509 e. The van der Waals surface area contributed by atoms with E-state index in [1.807, 2.05) is 0 Å². The second-order valence-corrected chi connectivity index (χ2v) is 9.09. The Bertz CT molecular complexity index is 996. The molecule has 0 aromatic heterocycles. The second kappa shape index (κ2) is 11.8. The predicted molar refractivity (Wildman–Crippen MR) is 123 cm³/mol. The fourth-order valence-electron chi connectivity index (χ4n) is 3.64. The van der Waals surface area contributed by atoms with Crippen LogP contribution in [-0.2, 0) is 27.2 Å². The Labute approximate surface area is 202 Å². The summed E-state index contributed by atoms with van der Waals surface area (Å²) in [6.45, 7) is 4.54. The van der Waals surface area contributed by atoms with Gasteiger partial charge in [-0.15, -0.1) is 0 Å². The lowest BCUT2D eigenvalue weighted by Crippen LogP contribution is -2.43. The van der Waals surface area contributed by atoms with Crippen molar-refractivity contribution in [2.24, 2.45) is 0 Å². The van der Waals surface area contributed by atoms with Gasteiger partial charge in [0.05, 0.1) is 6.04 Å². The number of ether oxygens (including phenoxy) is 4. The van der Waals surface area contributed by atoms with Gasteiger partial charge in [-0.05, 0) is 62.6 Å². The van der Waals surface area contributed by atoms with E-state index in [0.717, 1.165) is 5.56 Å². The summed E-state index contributed by atoms with van der Waals surface area (Å²) in [6, 6.07) is 12.3. The van der Waals surface area contributed by atoms with E-state index in [1.165, 1.54) is 12.1 Å². The van der Waals surface area contributed by atoms with Gasteiger partial charge in [0.25, 0.3) is 0 Å². The Hall–Kier alpha value is -3.40. The van der Waals surface area contributed by atoms with Crippen LogP contribution in [-0.4, -0.2) is 49.5 Å². The molecule has 1 aliphatic heterocycles. The number of carbonyl (C=O) groups is 2. The quantitative estimate of drug-likeness (QED) is 0.532. The molecule has 1 fully saturated rings. The minimum absolute atomic E-state index is 0.0645. The van der Waals surface area contributed by atoms with Crippen LogP contribution >= 0.6 is 0 Å². The Morgan fingerprint density at radius 3 is 2.49 bits per heavy atom. The highest BCUT2D eigenvalue weighted by Gasteiger charge is 2.42. The smallest absolute Gasteiger partial charge is 0.463 e. The first-order chi connectivity index (χ1) is 16.6. The topological polar surface area (TPSA) is 95.1 Å². The minimum Gasteiger partial charge on any atom is -0.463 e. The van der Waals surface area contributed by atoms with E-state index in [0.29, 0.717) is 17.7 Å². The summed E-state index contributed by atoms with van der Waals surface area (Å²) in [4.78, 5) is 24.8. The maximum atomic E-state index is 13.4. The van der Waals surface area contributed by atoms with Crippen LogP contribution < -0.4 is 15.4 Å². The maximum absolute atomic E-state index is 13.4. The number of hydrogen-bond donors (Lipinski definition) is 2. The minimum atomic E-state index is -0.923. The van der Waals surface area contributed by atoms with Crippen LogP contribution in [0.2, 0.25) is 0 Å². The number of amides is 1. The van der Waals surface area contributed by atoms with Gasteiger partial charge < -0.3 is 29.6 Å². The molecule has 35 heavy (non-hydrogen) atoms. The molecule has 3 atom stereocenters. The van der Waals surface area contributed by atoms with Crippen molar-refractivity contribution < 1.29 is 37.3 Å². The Morgan fingerprint density at radius 1 is 1.09 bits per heavy atom. The lowest BCUT2D eigenvalue weighted by molar-refractivity contribution is -0.0518. The van der Waals surface area contributed by atoms with Crippen LogP contribution in [0.4, 0.5) is 18.4 Å². The number of alkyl halides is 1. The van der Waals surface area contributed by atoms with Gasteiger partial charge in [-0.25, -0.2) is 18.4 Å². The highest BCUT2D eigenvalue weighted by Crippen LogP contribution is 2.22. The van der Waals surface area contributed by atoms with Gasteiger partial charge in [-0.2, -0.15) is 0 Å². The van der Waals surface area contributed by atoms with Crippen molar-refractivity contribution in [1.29, 1.82) is 0 Å². The van der Waals surface area contributed by atoms with Crippen molar-refractivity contribution in [2.75, 3.05) is 13.4 Å². The van der Waals surface area contributed by atoms with Gasteiger partial charge in [0.15, 0.2) is 12.2 Å². The molecular formula is C25H30F2N2O6. The van der Waals surface area contributed by atoms with Crippen LogP contribution in [0.25, 0.3) is 0 Å². The van der Waals surface area contributed by atoms with Crippen LogP contribution in [0.3, 0.4) is 0 Å². The zero-order chi connectivity index (χ0) is 25.4. The predicted octanol–water partition coefficient (Wildman–Crippen LogP) is 4.26. The Morgan fingerprint density at radius 2 is 1.83 bits per heavy atom. The van der Waals surface area contributed by atoms with Gasteiger partial charge in [0.1, 0.15) is 17.2 Å². The molecule has 1 saturated heterocycles. The van der Waals surface area contributed by atoms with Crippen molar-refractivity contribution >= 4 is 12.2 Å². The standard InChI is InChI=1S/C25H30F2N2O6/c1-25(2,3)35-24(31)33-21-14-28-20(12-16-7-9-19(10-8-16)32-15-26)22(21)34-23(30)29-13-17-5-4-6-18(27)11-17/h4-11,20-22,28H,12-15H2,1-3H3,(H,29,30)/t20-,21+,22+/m1/s1. The van der Waals surface area contributed by atoms with Gasteiger partial charge >= 0.3 is 12.2 Å².